The highest BCUT2D eigenvalue weighted by Gasteiger charge is 2.09. The number of para-hydroxylation sites is 1. The van der Waals surface area contributed by atoms with Crippen molar-refractivity contribution in [2.75, 3.05) is 6.54 Å². The van der Waals surface area contributed by atoms with Crippen LogP contribution in [-0.2, 0) is 11.2 Å². The lowest BCUT2D eigenvalue weighted by atomic mass is 10.1. The zero-order valence-corrected chi connectivity index (χ0v) is 12.0. The Kier molecular flexibility index (Phi) is 6.36. The lowest BCUT2D eigenvalue weighted by Gasteiger charge is -2.14. The van der Waals surface area contributed by atoms with Crippen molar-refractivity contribution in [1.29, 1.82) is 0 Å². The zero-order valence-electron chi connectivity index (χ0n) is 12.0. The van der Waals surface area contributed by atoms with E-state index in [1.807, 2.05) is 45.0 Å². The van der Waals surface area contributed by atoms with Gasteiger partial charge in [0.2, 0.25) is 5.91 Å². The average molecular weight is 264 g/mol. The van der Waals surface area contributed by atoms with E-state index in [-0.39, 0.29) is 18.1 Å². The molecule has 4 nitrogen and oxygen atoms in total. The molecular formula is C15H24N2O2. The summed E-state index contributed by atoms with van der Waals surface area (Å²) in [6, 6.07) is 7.75. The van der Waals surface area contributed by atoms with Crippen molar-refractivity contribution in [3.05, 3.63) is 29.8 Å². The summed E-state index contributed by atoms with van der Waals surface area (Å²) in [5.41, 5.74) is 6.55. The Morgan fingerprint density at radius 2 is 2.00 bits per heavy atom. The lowest BCUT2D eigenvalue weighted by Crippen LogP contribution is -2.30. The van der Waals surface area contributed by atoms with Gasteiger partial charge in [-0.3, -0.25) is 4.79 Å². The maximum atomic E-state index is 11.8. The molecule has 1 aromatic carbocycles. The summed E-state index contributed by atoms with van der Waals surface area (Å²) in [5, 5.41) is 2.87. The third-order valence-corrected chi connectivity index (χ3v) is 2.61. The number of hydrogen-bond acceptors (Lipinski definition) is 3. The molecule has 3 N–H and O–H groups in total. The Labute approximate surface area is 115 Å². The summed E-state index contributed by atoms with van der Waals surface area (Å²) in [7, 11) is 0. The average Bonchev–Trinajstić information content (AvgIpc) is 2.30. The van der Waals surface area contributed by atoms with Crippen LogP contribution in [-0.4, -0.2) is 24.6 Å². The Morgan fingerprint density at radius 1 is 1.32 bits per heavy atom. The van der Waals surface area contributed by atoms with Gasteiger partial charge in [-0.25, -0.2) is 0 Å². The predicted molar refractivity (Wildman–Crippen MR) is 77.2 cm³/mol. The number of nitrogens with one attached hydrogen (secondary N) is 1. The minimum atomic E-state index is 0.000422. The van der Waals surface area contributed by atoms with Crippen LogP contribution in [0.1, 0.15) is 32.8 Å². The minimum absolute atomic E-state index is 0.000422. The van der Waals surface area contributed by atoms with Gasteiger partial charge in [-0.2, -0.15) is 0 Å². The molecule has 0 aliphatic rings. The Balaban J connectivity index is 2.53. The van der Waals surface area contributed by atoms with Crippen molar-refractivity contribution >= 4 is 5.91 Å². The van der Waals surface area contributed by atoms with Crippen LogP contribution in [0.2, 0.25) is 0 Å². The molecule has 1 rings (SSSR count). The van der Waals surface area contributed by atoms with E-state index in [2.05, 4.69) is 5.32 Å². The van der Waals surface area contributed by atoms with Crippen LogP contribution in [0.3, 0.4) is 0 Å². The molecule has 0 radical (unpaired) electrons. The van der Waals surface area contributed by atoms with Crippen LogP contribution < -0.4 is 15.8 Å². The zero-order chi connectivity index (χ0) is 14.3. The predicted octanol–water partition coefficient (Wildman–Crippen LogP) is 1.87. The van der Waals surface area contributed by atoms with E-state index in [0.29, 0.717) is 13.0 Å². The summed E-state index contributed by atoms with van der Waals surface area (Å²) in [6.07, 6.45) is 1.22. The SMILES string of the molecule is CC(N)CCNC(=O)Cc1ccccc1OC(C)C. The summed E-state index contributed by atoms with van der Waals surface area (Å²) in [6.45, 7) is 6.49. The third-order valence-electron chi connectivity index (χ3n) is 2.61. The molecule has 0 fully saturated rings. The van der Waals surface area contributed by atoms with Crippen LogP contribution in [0.4, 0.5) is 0 Å². The highest BCUT2D eigenvalue weighted by Crippen LogP contribution is 2.19. The standard InChI is InChI=1S/C15H24N2O2/c1-11(2)19-14-7-5-4-6-13(14)10-15(18)17-9-8-12(3)16/h4-7,11-12H,8-10,16H2,1-3H3,(H,17,18). The van der Waals surface area contributed by atoms with E-state index in [4.69, 9.17) is 10.5 Å². The van der Waals surface area contributed by atoms with E-state index < -0.39 is 0 Å². The van der Waals surface area contributed by atoms with Crippen molar-refractivity contribution in [2.24, 2.45) is 5.73 Å². The minimum Gasteiger partial charge on any atom is -0.491 e. The van der Waals surface area contributed by atoms with E-state index in [9.17, 15) is 4.79 Å². The monoisotopic (exact) mass is 264 g/mol. The fourth-order valence-corrected chi connectivity index (χ4v) is 1.69. The molecule has 0 saturated heterocycles. The normalized spacial score (nSPS) is 12.3. The molecule has 1 amide bonds. The smallest absolute Gasteiger partial charge is 0.224 e. The first-order valence-electron chi connectivity index (χ1n) is 6.76. The molecule has 4 heteroatoms. The van der Waals surface area contributed by atoms with Crippen molar-refractivity contribution < 1.29 is 9.53 Å². The molecule has 1 unspecified atom stereocenters. The van der Waals surface area contributed by atoms with Crippen molar-refractivity contribution in [3.8, 4) is 5.75 Å². The molecular weight excluding hydrogens is 240 g/mol. The van der Waals surface area contributed by atoms with Crippen molar-refractivity contribution in [2.45, 2.75) is 45.8 Å². The first-order valence-corrected chi connectivity index (χ1v) is 6.76. The van der Waals surface area contributed by atoms with E-state index in [1.54, 1.807) is 0 Å². The highest BCUT2D eigenvalue weighted by molar-refractivity contribution is 5.79. The molecule has 0 spiro atoms. The number of nitrogens with two attached hydrogens (primary N) is 1. The maximum Gasteiger partial charge on any atom is 0.224 e. The molecule has 1 aromatic rings. The van der Waals surface area contributed by atoms with Gasteiger partial charge in [0.1, 0.15) is 5.75 Å². The van der Waals surface area contributed by atoms with Gasteiger partial charge in [0.05, 0.1) is 12.5 Å². The number of rotatable bonds is 7. The van der Waals surface area contributed by atoms with Gasteiger partial charge in [0.25, 0.3) is 0 Å². The molecule has 0 aromatic heterocycles. The Bertz CT molecular complexity index is 403. The third kappa shape index (κ3) is 6.25. The van der Waals surface area contributed by atoms with Gasteiger partial charge >= 0.3 is 0 Å². The van der Waals surface area contributed by atoms with Crippen molar-refractivity contribution in [1.82, 2.24) is 5.32 Å². The molecule has 0 saturated carbocycles. The number of benzene rings is 1. The quantitative estimate of drug-likeness (QED) is 0.790. The molecule has 106 valence electrons. The van der Waals surface area contributed by atoms with Gasteiger partial charge in [0, 0.05) is 18.2 Å². The maximum absolute atomic E-state index is 11.8. The second-order valence-corrected chi connectivity index (χ2v) is 5.07. The van der Waals surface area contributed by atoms with Gasteiger partial charge in [-0.05, 0) is 33.3 Å². The molecule has 1 atom stereocenters. The molecule has 0 heterocycles. The van der Waals surface area contributed by atoms with Crippen LogP contribution in [0.5, 0.6) is 5.75 Å². The van der Waals surface area contributed by atoms with E-state index in [0.717, 1.165) is 17.7 Å². The van der Waals surface area contributed by atoms with Crippen LogP contribution in [0.15, 0.2) is 24.3 Å². The number of carbonyl (C=O) groups excluding carboxylic acids is 1. The lowest BCUT2D eigenvalue weighted by molar-refractivity contribution is -0.120. The summed E-state index contributed by atoms with van der Waals surface area (Å²) >= 11 is 0. The first-order chi connectivity index (χ1) is 8.99. The summed E-state index contributed by atoms with van der Waals surface area (Å²) < 4.78 is 5.69. The highest BCUT2D eigenvalue weighted by atomic mass is 16.5. The Morgan fingerprint density at radius 3 is 2.63 bits per heavy atom. The van der Waals surface area contributed by atoms with Crippen molar-refractivity contribution in [3.63, 3.8) is 0 Å². The van der Waals surface area contributed by atoms with Crippen LogP contribution >= 0.6 is 0 Å². The fraction of sp³-hybridized carbons (Fsp3) is 0.533. The largest absolute Gasteiger partial charge is 0.491 e. The fourth-order valence-electron chi connectivity index (χ4n) is 1.69. The number of carbonyl (C=O) groups is 1. The topological polar surface area (TPSA) is 64.3 Å². The van der Waals surface area contributed by atoms with Crippen LogP contribution in [0.25, 0.3) is 0 Å². The molecule has 0 bridgehead atoms. The van der Waals surface area contributed by atoms with Gasteiger partial charge < -0.3 is 15.8 Å². The summed E-state index contributed by atoms with van der Waals surface area (Å²) in [4.78, 5) is 11.8. The van der Waals surface area contributed by atoms with E-state index >= 15 is 0 Å². The van der Waals surface area contributed by atoms with E-state index in [1.165, 1.54) is 0 Å². The number of ether oxygens (including phenoxy) is 1. The Hall–Kier alpha value is -1.55. The molecule has 0 aliphatic carbocycles. The van der Waals surface area contributed by atoms with Crippen LogP contribution in [0, 0.1) is 0 Å². The first kappa shape index (κ1) is 15.5. The second kappa shape index (κ2) is 7.79. The number of hydrogen-bond donors (Lipinski definition) is 2. The molecule has 19 heavy (non-hydrogen) atoms. The second-order valence-electron chi connectivity index (χ2n) is 5.07. The van der Waals surface area contributed by atoms with Gasteiger partial charge in [-0.15, -0.1) is 0 Å². The van der Waals surface area contributed by atoms with Gasteiger partial charge in [0.15, 0.2) is 0 Å². The molecule has 0 aliphatic heterocycles. The summed E-state index contributed by atoms with van der Waals surface area (Å²) in [5.74, 6) is 0.778. The van der Waals surface area contributed by atoms with Gasteiger partial charge in [-0.1, -0.05) is 18.2 Å². The number of amides is 1.